The van der Waals surface area contributed by atoms with Crippen molar-refractivity contribution in [2.24, 2.45) is 23.5 Å². The van der Waals surface area contributed by atoms with Gasteiger partial charge in [0.05, 0.1) is 11.7 Å². The maximum Gasteiger partial charge on any atom is 0.230 e. The number of hydrogen-bond donors (Lipinski definition) is 6. The van der Waals surface area contributed by atoms with E-state index in [1.807, 2.05) is 6.92 Å². The summed E-state index contributed by atoms with van der Waals surface area (Å²) < 4.78 is 12.5. The fourth-order valence-electron chi connectivity index (χ4n) is 5.87. The molecule has 0 aliphatic heterocycles. The van der Waals surface area contributed by atoms with Gasteiger partial charge in [0.1, 0.15) is 24.1 Å². The summed E-state index contributed by atoms with van der Waals surface area (Å²) in [7, 11) is 0. The molecule has 10 heteroatoms. The van der Waals surface area contributed by atoms with Crippen molar-refractivity contribution >= 4 is 17.5 Å². The molecule has 3 aliphatic carbocycles. The fourth-order valence-corrected chi connectivity index (χ4v) is 5.87. The molecule has 3 aliphatic rings. The van der Waals surface area contributed by atoms with Gasteiger partial charge >= 0.3 is 0 Å². The molecule has 4 rings (SSSR count). The van der Waals surface area contributed by atoms with Crippen LogP contribution in [0.1, 0.15) is 46.8 Å². The SMILES string of the molecule is CCc1cc(CNCCF)c(O)c2c1C[C@H]1C[C@H]3CC(O)C(C(N)=O)C(=O)[C@@]3(O)C(O)=C1C2=O. The number of phenols is 1. The molecule has 1 saturated carbocycles. The van der Waals surface area contributed by atoms with Crippen molar-refractivity contribution in [2.45, 2.75) is 50.9 Å². The van der Waals surface area contributed by atoms with Crippen LogP contribution in [0.2, 0.25) is 0 Å². The molecular weight excluding hydrogens is 447 g/mol. The predicted octanol–water partition coefficient (Wildman–Crippen LogP) is 0.367. The quantitative estimate of drug-likeness (QED) is 0.253. The van der Waals surface area contributed by atoms with Gasteiger partial charge in [0.25, 0.3) is 0 Å². The fraction of sp³-hybridized carbons (Fsp3) is 0.542. The molecule has 2 unspecified atom stereocenters. The molecule has 0 spiro atoms. The Bertz CT molecular complexity index is 1100. The van der Waals surface area contributed by atoms with Crippen LogP contribution in [0.15, 0.2) is 17.4 Å². The number of fused-ring (bicyclic) bond motifs is 3. The molecule has 1 aromatic carbocycles. The summed E-state index contributed by atoms with van der Waals surface area (Å²) in [6.45, 7) is 1.50. The zero-order valence-corrected chi connectivity index (χ0v) is 18.8. The van der Waals surface area contributed by atoms with Gasteiger partial charge in [-0.25, -0.2) is 4.39 Å². The number of hydrogen-bond acceptors (Lipinski definition) is 8. The van der Waals surface area contributed by atoms with E-state index in [0.29, 0.717) is 17.5 Å². The van der Waals surface area contributed by atoms with E-state index in [4.69, 9.17) is 5.73 Å². The molecule has 0 radical (unpaired) electrons. The van der Waals surface area contributed by atoms with Crippen molar-refractivity contribution in [3.05, 3.63) is 39.7 Å². The first-order valence-corrected chi connectivity index (χ1v) is 11.4. The molecule has 0 aromatic heterocycles. The highest BCUT2D eigenvalue weighted by Gasteiger charge is 2.62. The second-order valence-electron chi connectivity index (χ2n) is 9.36. The summed E-state index contributed by atoms with van der Waals surface area (Å²) in [5, 5.41) is 46.5. The average Bonchev–Trinajstić information content (AvgIpc) is 2.77. The highest BCUT2D eigenvalue weighted by Crippen LogP contribution is 2.52. The monoisotopic (exact) mass is 476 g/mol. The van der Waals surface area contributed by atoms with Crippen LogP contribution in [-0.4, -0.2) is 62.8 Å². The number of carbonyl (C=O) groups excluding carboxylic acids is 3. The lowest BCUT2D eigenvalue weighted by Gasteiger charge is -2.48. The Hall–Kier alpha value is -2.82. The lowest BCUT2D eigenvalue weighted by Crippen LogP contribution is -2.63. The number of benzene rings is 1. The summed E-state index contributed by atoms with van der Waals surface area (Å²) in [5.74, 6) is -7.26. The molecule has 1 amide bonds. The number of phenolic OH excluding ortho intramolecular Hbond substituents is 1. The molecule has 5 atom stereocenters. The molecule has 0 saturated heterocycles. The largest absolute Gasteiger partial charge is 0.508 e. The molecule has 0 heterocycles. The molecule has 7 N–H and O–H groups in total. The Morgan fingerprint density at radius 1 is 1.26 bits per heavy atom. The van der Waals surface area contributed by atoms with E-state index in [1.54, 1.807) is 6.07 Å². The van der Waals surface area contributed by atoms with Crippen LogP contribution in [0.5, 0.6) is 5.75 Å². The number of ketones is 2. The maximum absolute atomic E-state index is 13.6. The second kappa shape index (κ2) is 8.75. The minimum Gasteiger partial charge on any atom is -0.508 e. The highest BCUT2D eigenvalue weighted by molar-refractivity contribution is 6.15. The smallest absolute Gasteiger partial charge is 0.230 e. The van der Waals surface area contributed by atoms with Gasteiger partial charge in [-0.15, -0.1) is 0 Å². The predicted molar refractivity (Wildman–Crippen MR) is 118 cm³/mol. The minimum absolute atomic E-state index is 0.00834. The minimum atomic E-state index is -2.53. The van der Waals surface area contributed by atoms with E-state index < -0.39 is 59.4 Å². The number of allylic oxidation sites excluding steroid dienone is 1. The number of primary amides is 1. The highest BCUT2D eigenvalue weighted by atomic mass is 19.1. The van der Waals surface area contributed by atoms with E-state index in [9.17, 15) is 39.2 Å². The third-order valence-electron chi connectivity index (χ3n) is 7.53. The molecule has 9 nitrogen and oxygen atoms in total. The first kappa shape index (κ1) is 24.3. The van der Waals surface area contributed by atoms with Gasteiger partial charge in [-0.3, -0.25) is 14.4 Å². The number of halogens is 1. The van der Waals surface area contributed by atoms with Gasteiger partial charge < -0.3 is 31.5 Å². The molecule has 0 bridgehead atoms. The Labute approximate surface area is 195 Å². The standard InChI is InChI=1S/C24H29FN2O7/c1-2-10-5-12(9-27-4-3-25)19(29)17-14(10)7-11-6-13-8-15(28)18(23(26)33)22(32)24(13,34)21(31)16(11)20(17)30/h5,11,13,15,18,27-29,31,34H,2-4,6-9H2,1H3,(H2,26,33)/t11-,13+,15?,18?,24+/m1/s1. The van der Waals surface area contributed by atoms with Crippen LogP contribution in [0.4, 0.5) is 4.39 Å². The maximum atomic E-state index is 13.6. The second-order valence-corrected chi connectivity index (χ2v) is 9.36. The van der Waals surface area contributed by atoms with Crippen molar-refractivity contribution in [2.75, 3.05) is 13.2 Å². The molecule has 184 valence electrons. The van der Waals surface area contributed by atoms with E-state index in [0.717, 1.165) is 5.56 Å². The van der Waals surface area contributed by atoms with Crippen LogP contribution < -0.4 is 11.1 Å². The Kier molecular flexibility index (Phi) is 6.26. The van der Waals surface area contributed by atoms with Gasteiger partial charge in [0, 0.05) is 30.1 Å². The number of nitrogens with two attached hydrogens (primary N) is 1. The van der Waals surface area contributed by atoms with E-state index in [1.165, 1.54) is 0 Å². The first-order chi connectivity index (χ1) is 16.1. The van der Waals surface area contributed by atoms with Crippen molar-refractivity contribution in [3.63, 3.8) is 0 Å². The summed E-state index contributed by atoms with van der Waals surface area (Å²) in [6.07, 6.45) is -0.569. The summed E-state index contributed by atoms with van der Waals surface area (Å²) in [6, 6.07) is 1.77. The summed E-state index contributed by atoms with van der Waals surface area (Å²) in [5.41, 5.74) is 4.40. The van der Waals surface area contributed by atoms with Crippen molar-refractivity contribution in [1.82, 2.24) is 5.32 Å². The van der Waals surface area contributed by atoms with E-state index >= 15 is 0 Å². The molecule has 34 heavy (non-hydrogen) atoms. The number of amides is 1. The first-order valence-electron chi connectivity index (χ1n) is 11.4. The number of nitrogens with one attached hydrogen (secondary N) is 1. The normalized spacial score (nSPS) is 30.6. The van der Waals surface area contributed by atoms with Crippen molar-refractivity contribution in [3.8, 4) is 5.75 Å². The number of Topliss-reactive ketones (excluding diaryl/α,β-unsaturated/α-hetero) is 2. The molecule has 1 fully saturated rings. The van der Waals surface area contributed by atoms with Crippen LogP contribution in [0.3, 0.4) is 0 Å². The van der Waals surface area contributed by atoms with Crippen molar-refractivity contribution < 1.29 is 39.2 Å². The number of rotatable bonds is 6. The van der Waals surface area contributed by atoms with Crippen molar-refractivity contribution in [1.29, 1.82) is 0 Å². The van der Waals surface area contributed by atoms with Crippen LogP contribution in [0.25, 0.3) is 0 Å². The van der Waals surface area contributed by atoms with Crippen LogP contribution in [0, 0.1) is 17.8 Å². The Morgan fingerprint density at radius 2 is 1.97 bits per heavy atom. The van der Waals surface area contributed by atoms with Gasteiger partial charge in [0.2, 0.25) is 5.91 Å². The number of alkyl halides is 1. The van der Waals surface area contributed by atoms with Crippen LogP contribution in [-0.2, 0) is 29.0 Å². The van der Waals surface area contributed by atoms with Gasteiger partial charge in [-0.05, 0) is 42.7 Å². The zero-order chi connectivity index (χ0) is 24.9. The number of aromatic hydroxyl groups is 1. The third kappa shape index (κ3) is 3.43. The zero-order valence-electron chi connectivity index (χ0n) is 18.8. The number of carbonyl (C=O) groups is 3. The molecule has 1 aromatic rings. The van der Waals surface area contributed by atoms with E-state index in [-0.39, 0.29) is 49.2 Å². The Balaban J connectivity index is 1.84. The summed E-state index contributed by atoms with van der Waals surface area (Å²) >= 11 is 0. The Morgan fingerprint density at radius 3 is 2.59 bits per heavy atom. The lowest BCUT2D eigenvalue weighted by atomic mass is 9.57. The number of aliphatic hydroxyl groups is 3. The van der Waals surface area contributed by atoms with Gasteiger partial charge in [-0.1, -0.05) is 13.0 Å². The van der Waals surface area contributed by atoms with E-state index in [2.05, 4.69) is 5.32 Å². The summed E-state index contributed by atoms with van der Waals surface area (Å²) in [4.78, 5) is 38.4. The van der Waals surface area contributed by atoms with Crippen LogP contribution >= 0.6 is 0 Å². The number of aliphatic hydroxyl groups excluding tert-OH is 2. The van der Waals surface area contributed by atoms with Gasteiger partial charge in [0.15, 0.2) is 17.2 Å². The lowest BCUT2D eigenvalue weighted by molar-refractivity contribution is -0.167. The average molecular weight is 477 g/mol. The molecular formula is C24H29FN2O7. The third-order valence-corrected chi connectivity index (χ3v) is 7.53. The topological polar surface area (TPSA) is 170 Å². The van der Waals surface area contributed by atoms with Gasteiger partial charge in [-0.2, -0.15) is 0 Å². The number of aryl methyl sites for hydroxylation is 1.